The summed E-state index contributed by atoms with van der Waals surface area (Å²) in [6, 6.07) is 3.96. The van der Waals surface area contributed by atoms with Gasteiger partial charge < -0.3 is 9.15 Å². The molecule has 0 amide bonds. The van der Waals surface area contributed by atoms with E-state index in [-0.39, 0.29) is 5.97 Å². The maximum atomic E-state index is 11.7. The van der Waals surface area contributed by atoms with E-state index in [0.29, 0.717) is 12.2 Å². The maximum Gasteiger partial charge on any atom is 0.342 e. The predicted molar refractivity (Wildman–Crippen MR) is 61.6 cm³/mol. The normalized spacial score (nSPS) is 10.7. The number of furan rings is 1. The summed E-state index contributed by atoms with van der Waals surface area (Å²) in [5.41, 5.74) is 3.33. The number of ether oxygens (including phenoxy) is 1. The Hall–Kier alpha value is -1.77. The van der Waals surface area contributed by atoms with Crippen molar-refractivity contribution in [3.63, 3.8) is 0 Å². The van der Waals surface area contributed by atoms with Gasteiger partial charge in [0.15, 0.2) is 0 Å². The van der Waals surface area contributed by atoms with Gasteiger partial charge >= 0.3 is 5.97 Å². The third-order valence-electron chi connectivity index (χ3n) is 2.62. The van der Waals surface area contributed by atoms with Crippen LogP contribution in [0.5, 0.6) is 0 Å². The number of rotatable bonds is 2. The second-order valence-electron chi connectivity index (χ2n) is 3.77. The van der Waals surface area contributed by atoms with E-state index >= 15 is 0 Å². The van der Waals surface area contributed by atoms with Gasteiger partial charge in [-0.1, -0.05) is 12.1 Å². The summed E-state index contributed by atoms with van der Waals surface area (Å²) in [6.07, 6.45) is 1.47. The highest BCUT2D eigenvalue weighted by Gasteiger charge is 2.17. The van der Waals surface area contributed by atoms with E-state index in [1.54, 1.807) is 6.92 Å². The molecule has 0 radical (unpaired) electrons. The Kier molecular flexibility index (Phi) is 2.69. The first-order valence-corrected chi connectivity index (χ1v) is 5.29. The summed E-state index contributed by atoms with van der Waals surface area (Å²) in [5, 5.41) is 0.860. The number of fused-ring (bicyclic) bond motifs is 1. The third kappa shape index (κ3) is 1.58. The highest BCUT2D eigenvalue weighted by Crippen LogP contribution is 2.27. The van der Waals surface area contributed by atoms with Crippen LogP contribution in [0.4, 0.5) is 0 Å². The Bertz CT molecular complexity index is 537. The molecule has 0 aliphatic heterocycles. The molecule has 3 nitrogen and oxygen atoms in total. The zero-order chi connectivity index (χ0) is 11.7. The van der Waals surface area contributed by atoms with Gasteiger partial charge in [0.1, 0.15) is 17.4 Å². The van der Waals surface area contributed by atoms with Crippen molar-refractivity contribution >= 4 is 16.9 Å². The van der Waals surface area contributed by atoms with Crippen molar-refractivity contribution in [1.82, 2.24) is 0 Å². The first-order valence-electron chi connectivity index (χ1n) is 5.29. The van der Waals surface area contributed by atoms with Crippen molar-refractivity contribution in [3.05, 3.63) is 35.1 Å². The number of hydrogen-bond acceptors (Lipinski definition) is 3. The molecule has 0 aliphatic rings. The number of carbonyl (C=O) groups is 1. The smallest absolute Gasteiger partial charge is 0.342 e. The third-order valence-corrected chi connectivity index (χ3v) is 2.62. The van der Waals surface area contributed by atoms with Crippen LogP contribution >= 0.6 is 0 Å². The molecular formula is C13H14O3. The quantitative estimate of drug-likeness (QED) is 0.726. The molecule has 0 fully saturated rings. The van der Waals surface area contributed by atoms with Crippen molar-refractivity contribution in [1.29, 1.82) is 0 Å². The highest BCUT2D eigenvalue weighted by atomic mass is 16.5. The van der Waals surface area contributed by atoms with Gasteiger partial charge in [-0.25, -0.2) is 4.79 Å². The fourth-order valence-corrected chi connectivity index (χ4v) is 1.81. The molecule has 2 aromatic rings. The molecule has 84 valence electrons. The van der Waals surface area contributed by atoms with E-state index in [2.05, 4.69) is 0 Å². The first-order chi connectivity index (χ1) is 7.65. The van der Waals surface area contributed by atoms with Crippen molar-refractivity contribution < 1.29 is 13.9 Å². The molecule has 3 heteroatoms. The largest absolute Gasteiger partial charge is 0.463 e. The number of benzene rings is 1. The minimum Gasteiger partial charge on any atom is -0.463 e. The molecule has 0 atom stereocenters. The molecular weight excluding hydrogens is 204 g/mol. The molecule has 0 saturated carbocycles. The number of carbonyl (C=O) groups excluding carboxylic acids is 1. The molecule has 16 heavy (non-hydrogen) atoms. The average molecular weight is 218 g/mol. The van der Waals surface area contributed by atoms with Crippen molar-refractivity contribution in [2.24, 2.45) is 0 Å². The van der Waals surface area contributed by atoms with E-state index in [4.69, 9.17) is 9.15 Å². The van der Waals surface area contributed by atoms with Crippen LogP contribution < -0.4 is 0 Å². The van der Waals surface area contributed by atoms with Crippen LogP contribution in [0.3, 0.4) is 0 Å². The Balaban J connectivity index is 2.64. The Morgan fingerprint density at radius 2 is 2.00 bits per heavy atom. The predicted octanol–water partition coefficient (Wildman–Crippen LogP) is 3.23. The van der Waals surface area contributed by atoms with Gasteiger partial charge in [0, 0.05) is 5.39 Å². The van der Waals surface area contributed by atoms with Crippen LogP contribution in [0, 0.1) is 13.8 Å². The minimum absolute atomic E-state index is 0.324. The van der Waals surface area contributed by atoms with Gasteiger partial charge in [-0.3, -0.25) is 0 Å². The molecule has 0 bridgehead atoms. The molecule has 1 heterocycles. The van der Waals surface area contributed by atoms with E-state index in [0.717, 1.165) is 22.1 Å². The number of aryl methyl sites for hydroxylation is 2. The second kappa shape index (κ2) is 4.00. The van der Waals surface area contributed by atoms with Crippen molar-refractivity contribution in [2.75, 3.05) is 6.61 Å². The number of hydrogen-bond donors (Lipinski definition) is 0. The van der Waals surface area contributed by atoms with Crippen LogP contribution in [0.25, 0.3) is 11.0 Å². The van der Waals surface area contributed by atoms with Gasteiger partial charge in [0.2, 0.25) is 0 Å². The summed E-state index contributed by atoms with van der Waals surface area (Å²) in [4.78, 5) is 11.7. The van der Waals surface area contributed by atoms with E-state index in [9.17, 15) is 4.79 Å². The van der Waals surface area contributed by atoms with Crippen LogP contribution in [0.15, 0.2) is 22.8 Å². The molecule has 0 spiro atoms. The highest BCUT2D eigenvalue weighted by molar-refractivity contribution is 6.05. The Morgan fingerprint density at radius 1 is 1.31 bits per heavy atom. The zero-order valence-electron chi connectivity index (χ0n) is 9.66. The van der Waals surface area contributed by atoms with Crippen LogP contribution in [-0.2, 0) is 4.74 Å². The molecule has 2 rings (SSSR count). The van der Waals surface area contributed by atoms with Gasteiger partial charge in [-0.15, -0.1) is 0 Å². The molecule has 0 aliphatic carbocycles. The zero-order valence-corrected chi connectivity index (χ0v) is 9.66. The summed E-state index contributed by atoms with van der Waals surface area (Å²) < 4.78 is 10.4. The lowest BCUT2D eigenvalue weighted by molar-refractivity contribution is 0.0527. The summed E-state index contributed by atoms with van der Waals surface area (Å²) >= 11 is 0. The lowest BCUT2D eigenvalue weighted by atomic mass is 10.0. The topological polar surface area (TPSA) is 39.4 Å². The molecule has 1 aromatic carbocycles. The lowest BCUT2D eigenvalue weighted by Crippen LogP contribution is -2.03. The second-order valence-corrected chi connectivity index (χ2v) is 3.77. The molecule has 0 saturated heterocycles. The van der Waals surface area contributed by atoms with Gasteiger partial charge in [-0.05, 0) is 31.9 Å². The molecule has 0 unspecified atom stereocenters. The first kappa shape index (κ1) is 10.7. The fourth-order valence-electron chi connectivity index (χ4n) is 1.81. The lowest BCUT2D eigenvalue weighted by Gasteiger charge is -2.02. The molecule has 0 N–H and O–H groups in total. The summed E-state index contributed by atoms with van der Waals surface area (Å²) in [7, 11) is 0. The summed E-state index contributed by atoms with van der Waals surface area (Å²) in [5.74, 6) is -0.324. The SMILES string of the molecule is CCOC(=O)c1coc2c(C)ccc(C)c12. The minimum atomic E-state index is -0.324. The van der Waals surface area contributed by atoms with Crippen LogP contribution in [-0.4, -0.2) is 12.6 Å². The average Bonchev–Trinajstić information content (AvgIpc) is 2.69. The van der Waals surface area contributed by atoms with Crippen LogP contribution in [0.1, 0.15) is 28.4 Å². The number of esters is 1. The fraction of sp³-hybridized carbons (Fsp3) is 0.308. The molecule has 1 aromatic heterocycles. The van der Waals surface area contributed by atoms with Crippen molar-refractivity contribution in [2.45, 2.75) is 20.8 Å². The standard InChI is InChI=1S/C13H14O3/c1-4-15-13(14)10-7-16-12-9(3)6-5-8(2)11(10)12/h5-7H,4H2,1-3H3. The summed E-state index contributed by atoms with van der Waals surface area (Å²) in [6.45, 7) is 6.08. The Labute approximate surface area is 94.0 Å². The Morgan fingerprint density at radius 3 is 2.69 bits per heavy atom. The van der Waals surface area contributed by atoms with Gasteiger partial charge in [0.25, 0.3) is 0 Å². The monoisotopic (exact) mass is 218 g/mol. The maximum absolute atomic E-state index is 11.7. The van der Waals surface area contributed by atoms with Gasteiger partial charge in [0.05, 0.1) is 6.61 Å². The van der Waals surface area contributed by atoms with E-state index in [1.807, 2.05) is 26.0 Å². The van der Waals surface area contributed by atoms with Crippen molar-refractivity contribution in [3.8, 4) is 0 Å². The van der Waals surface area contributed by atoms with Gasteiger partial charge in [-0.2, -0.15) is 0 Å². The van der Waals surface area contributed by atoms with E-state index in [1.165, 1.54) is 6.26 Å². The van der Waals surface area contributed by atoms with E-state index < -0.39 is 0 Å². The van der Waals surface area contributed by atoms with Crippen LogP contribution in [0.2, 0.25) is 0 Å².